The van der Waals surface area contributed by atoms with Crippen LogP contribution < -0.4 is 10.9 Å². The Kier molecular flexibility index (Phi) is 6.21. The third-order valence-electron chi connectivity index (χ3n) is 6.68. The van der Waals surface area contributed by atoms with Crippen LogP contribution in [0.3, 0.4) is 0 Å². The largest absolute Gasteiger partial charge is 0.343 e. The van der Waals surface area contributed by atoms with Gasteiger partial charge >= 0.3 is 0 Å². The van der Waals surface area contributed by atoms with E-state index < -0.39 is 6.17 Å². The molecule has 2 N–H and O–H groups in total. The fraction of sp³-hybridized carbons (Fsp3) is 0.296. The predicted molar refractivity (Wildman–Crippen MR) is 133 cm³/mol. The standard InChI is InChI=1S/C27H28FN5O2/c1-17-8-9-20(12-18(17)2)24-16-33-25(27(35)30-24)13-22(31-33)26(34)29-23(19-6-4-3-5-7-19)15-32-11-10-21(28)14-32/h3-9,12-13,16,21,23H,10-11,14-15H2,1-2H3,(H,29,34)(H,30,35)/t21-,23-/m1/s1. The number of carbonyl (C=O) groups is 1. The second-order valence-corrected chi connectivity index (χ2v) is 9.24. The third kappa shape index (κ3) is 4.88. The second kappa shape index (κ2) is 9.46. The van der Waals surface area contributed by atoms with Gasteiger partial charge in [-0.1, -0.05) is 42.5 Å². The predicted octanol–water partition coefficient (Wildman–Crippen LogP) is 3.82. The lowest BCUT2D eigenvalue weighted by atomic mass is 10.0. The van der Waals surface area contributed by atoms with Crippen molar-refractivity contribution in [3.8, 4) is 11.3 Å². The molecular weight excluding hydrogens is 445 g/mol. The molecule has 0 saturated carbocycles. The Labute approximate surface area is 202 Å². The van der Waals surface area contributed by atoms with Crippen molar-refractivity contribution in [1.29, 1.82) is 0 Å². The first kappa shape index (κ1) is 23.0. The highest BCUT2D eigenvalue weighted by Gasteiger charge is 2.26. The van der Waals surface area contributed by atoms with Crippen molar-refractivity contribution in [2.45, 2.75) is 32.5 Å². The lowest BCUT2D eigenvalue weighted by molar-refractivity contribution is 0.0921. The number of carbonyl (C=O) groups excluding carboxylic acids is 1. The molecule has 1 fully saturated rings. The van der Waals surface area contributed by atoms with Gasteiger partial charge < -0.3 is 10.3 Å². The number of rotatable bonds is 6. The van der Waals surface area contributed by atoms with Crippen LogP contribution in [0, 0.1) is 13.8 Å². The van der Waals surface area contributed by atoms with Crippen LogP contribution in [0.1, 0.15) is 39.6 Å². The van der Waals surface area contributed by atoms with Gasteiger partial charge in [0.05, 0.1) is 17.9 Å². The van der Waals surface area contributed by atoms with Crippen LogP contribution >= 0.6 is 0 Å². The first-order valence-electron chi connectivity index (χ1n) is 11.8. The monoisotopic (exact) mass is 473 g/mol. The molecule has 2 atom stereocenters. The van der Waals surface area contributed by atoms with Crippen molar-refractivity contribution in [2.75, 3.05) is 19.6 Å². The average molecular weight is 474 g/mol. The molecule has 0 spiro atoms. The molecule has 2 aromatic heterocycles. The van der Waals surface area contributed by atoms with E-state index >= 15 is 0 Å². The molecule has 180 valence electrons. The molecule has 5 rings (SSSR count). The van der Waals surface area contributed by atoms with E-state index in [9.17, 15) is 14.0 Å². The minimum absolute atomic E-state index is 0.151. The van der Waals surface area contributed by atoms with Crippen LogP contribution in [-0.4, -0.2) is 51.2 Å². The first-order valence-corrected chi connectivity index (χ1v) is 11.8. The van der Waals surface area contributed by atoms with Crippen LogP contribution in [0.15, 0.2) is 65.6 Å². The zero-order chi connectivity index (χ0) is 24.5. The number of likely N-dealkylation sites (tertiary alicyclic amines) is 1. The summed E-state index contributed by atoms with van der Waals surface area (Å²) in [5, 5.41) is 7.44. The summed E-state index contributed by atoms with van der Waals surface area (Å²) in [4.78, 5) is 30.9. The van der Waals surface area contributed by atoms with E-state index in [2.05, 4.69) is 15.4 Å². The number of aromatic nitrogens is 3. The van der Waals surface area contributed by atoms with Gasteiger partial charge in [-0.05, 0) is 48.6 Å². The number of alkyl halides is 1. The molecule has 1 aliphatic heterocycles. The topological polar surface area (TPSA) is 82.5 Å². The minimum atomic E-state index is -0.834. The summed E-state index contributed by atoms with van der Waals surface area (Å²) < 4.78 is 15.2. The van der Waals surface area contributed by atoms with Gasteiger partial charge in [0.15, 0.2) is 5.69 Å². The van der Waals surface area contributed by atoms with Gasteiger partial charge in [-0.25, -0.2) is 8.91 Å². The van der Waals surface area contributed by atoms with Crippen molar-refractivity contribution < 1.29 is 9.18 Å². The van der Waals surface area contributed by atoms with Crippen molar-refractivity contribution in [1.82, 2.24) is 24.8 Å². The van der Waals surface area contributed by atoms with Gasteiger partial charge in [-0.2, -0.15) is 5.10 Å². The van der Waals surface area contributed by atoms with E-state index in [-0.39, 0.29) is 23.2 Å². The molecule has 1 saturated heterocycles. The lowest BCUT2D eigenvalue weighted by Crippen LogP contribution is -2.37. The number of hydrogen-bond acceptors (Lipinski definition) is 4. The third-order valence-corrected chi connectivity index (χ3v) is 6.68. The van der Waals surface area contributed by atoms with Gasteiger partial charge in [0.2, 0.25) is 0 Å². The molecular formula is C27H28FN5O2. The Morgan fingerprint density at radius 3 is 2.69 bits per heavy atom. The normalized spacial score (nSPS) is 17.1. The Morgan fingerprint density at radius 2 is 1.97 bits per heavy atom. The fourth-order valence-electron chi connectivity index (χ4n) is 4.53. The molecule has 8 heteroatoms. The molecule has 1 aliphatic rings. The van der Waals surface area contributed by atoms with E-state index in [1.165, 1.54) is 16.1 Å². The Hall–Kier alpha value is -3.78. The number of halogens is 1. The SMILES string of the molecule is Cc1ccc(-c2cn3nc(C(=O)N[C@H](CN4CC[C@@H](F)C4)c4ccccc4)cc3c(=O)[nH]2)cc1C. The van der Waals surface area contributed by atoms with Gasteiger partial charge in [0.1, 0.15) is 11.7 Å². The first-order chi connectivity index (χ1) is 16.9. The van der Waals surface area contributed by atoms with Crippen LogP contribution in [0.2, 0.25) is 0 Å². The summed E-state index contributed by atoms with van der Waals surface area (Å²) >= 11 is 0. The molecule has 0 radical (unpaired) electrons. The molecule has 4 aromatic rings. The van der Waals surface area contributed by atoms with Crippen molar-refractivity contribution in [2.24, 2.45) is 0 Å². The molecule has 0 aliphatic carbocycles. The molecule has 3 heterocycles. The van der Waals surface area contributed by atoms with Gasteiger partial charge in [-0.3, -0.25) is 14.5 Å². The number of aromatic amines is 1. The summed E-state index contributed by atoms with van der Waals surface area (Å²) in [6.45, 7) is 5.58. The Balaban J connectivity index is 1.42. The lowest BCUT2D eigenvalue weighted by Gasteiger charge is -2.24. The number of nitrogens with zero attached hydrogens (tertiary/aromatic N) is 3. The Morgan fingerprint density at radius 1 is 1.17 bits per heavy atom. The van der Waals surface area contributed by atoms with E-state index in [1.807, 2.05) is 67.3 Å². The quantitative estimate of drug-likeness (QED) is 0.446. The van der Waals surface area contributed by atoms with Crippen molar-refractivity contribution in [3.05, 3.63) is 93.5 Å². The molecule has 7 nitrogen and oxygen atoms in total. The van der Waals surface area contributed by atoms with E-state index in [0.29, 0.717) is 37.3 Å². The summed E-state index contributed by atoms with van der Waals surface area (Å²) in [6, 6.07) is 16.7. The molecule has 2 aromatic carbocycles. The number of benzene rings is 2. The average Bonchev–Trinajstić information content (AvgIpc) is 3.47. The summed E-state index contributed by atoms with van der Waals surface area (Å²) in [7, 11) is 0. The fourth-order valence-corrected chi connectivity index (χ4v) is 4.53. The van der Waals surface area contributed by atoms with E-state index in [0.717, 1.165) is 16.7 Å². The van der Waals surface area contributed by atoms with Crippen LogP contribution in [-0.2, 0) is 0 Å². The second-order valence-electron chi connectivity index (χ2n) is 9.24. The highest BCUT2D eigenvalue weighted by atomic mass is 19.1. The van der Waals surface area contributed by atoms with Crippen molar-refractivity contribution >= 4 is 11.4 Å². The zero-order valence-corrected chi connectivity index (χ0v) is 19.8. The van der Waals surface area contributed by atoms with E-state index in [4.69, 9.17) is 0 Å². The molecule has 1 amide bonds. The number of H-pyrrole nitrogens is 1. The Bertz CT molecular complexity index is 1430. The zero-order valence-electron chi connectivity index (χ0n) is 19.8. The van der Waals surface area contributed by atoms with E-state index in [1.54, 1.807) is 6.20 Å². The van der Waals surface area contributed by atoms with Crippen LogP contribution in [0.4, 0.5) is 4.39 Å². The summed E-state index contributed by atoms with van der Waals surface area (Å²) in [5.74, 6) is -0.384. The van der Waals surface area contributed by atoms with Crippen LogP contribution in [0.5, 0.6) is 0 Å². The number of aryl methyl sites for hydroxylation is 2. The molecule has 35 heavy (non-hydrogen) atoms. The molecule has 0 unspecified atom stereocenters. The number of fused-ring (bicyclic) bond motifs is 1. The smallest absolute Gasteiger partial charge is 0.274 e. The number of hydrogen-bond donors (Lipinski definition) is 2. The maximum atomic E-state index is 13.7. The maximum Gasteiger partial charge on any atom is 0.274 e. The van der Waals surface area contributed by atoms with Gasteiger partial charge in [-0.15, -0.1) is 0 Å². The molecule has 0 bridgehead atoms. The number of amides is 1. The number of nitrogens with one attached hydrogen (secondary N) is 2. The van der Waals surface area contributed by atoms with Crippen molar-refractivity contribution in [3.63, 3.8) is 0 Å². The van der Waals surface area contributed by atoms with Gasteiger partial charge in [0.25, 0.3) is 11.5 Å². The maximum absolute atomic E-state index is 13.7. The highest BCUT2D eigenvalue weighted by molar-refractivity contribution is 5.93. The van der Waals surface area contributed by atoms with Crippen LogP contribution in [0.25, 0.3) is 16.8 Å². The minimum Gasteiger partial charge on any atom is -0.343 e. The summed E-state index contributed by atoms with van der Waals surface area (Å²) in [6.07, 6.45) is 1.39. The van der Waals surface area contributed by atoms with Gasteiger partial charge in [0, 0.05) is 25.7 Å². The summed E-state index contributed by atoms with van der Waals surface area (Å²) in [5.41, 5.74) is 4.83. The highest BCUT2D eigenvalue weighted by Crippen LogP contribution is 2.21.